The van der Waals surface area contributed by atoms with Gasteiger partial charge in [-0.3, -0.25) is 4.79 Å². The smallest absolute Gasteiger partial charge is 0.226 e. The second-order valence-electron chi connectivity index (χ2n) is 12.9. The molecule has 0 spiro atoms. The predicted molar refractivity (Wildman–Crippen MR) is 140 cm³/mol. The SMILES string of the molecule is CCOC[C@@]1(O)CC[C@H]2[C@H](CC[C@@H]3[C@@H]2CC[C@]2(C)[C@@H](C(=O)N(C)[C@H](C)c4ccc(F)cc4)CC[C@@H]32)C1. The Bertz CT molecular complexity index is 936. The van der Waals surface area contributed by atoms with E-state index in [1.807, 2.05) is 25.8 Å². The second-order valence-corrected chi connectivity index (χ2v) is 12.9. The van der Waals surface area contributed by atoms with E-state index in [9.17, 15) is 14.3 Å². The number of halogens is 1. The predicted octanol–water partition coefficient (Wildman–Crippen LogP) is 6.38. The number of carbonyl (C=O) groups excluding carboxylic acids is 1. The molecule has 200 valence electrons. The standard InChI is InChI=1S/C31H46FNO3/c1-5-36-19-31(35)17-15-24-22(18-31)8-11-26-25(24)14-16-30(3)27(26)12-13-28(30)29(34)33(4)20(2)21-6-9-23(32)10-7-21/h6-7,9-10,20,22,24-28,35H,5,8,11-19H2,1-4H3/t20-,22-,24+,25-,26-,27+,28-,30+,31-/m1/s1. The van der Waals surface area contributed by atoms with Crippen molar-refractivity contribution in [2.75, 3.05) is 20.3 Å². The van der Waals surface area contributed by atoms with E-state index in [0.29, 0.717) is 25.0 Å². The molecule has 1 amide bonds. The first-order chi connectivity index (χ1) is 17.2. The molecule has 4 nitrogen and oxygen atoms in total. The number of benzene rings is 1. The fourth-order valence-corrected chi connectivity index (χ4v) is 9.19. The molecule has 4 saturated carbocycles. The summed E-state index contributed by atoms with van der Waals surface area (Å²) in [7, 11) is 1.93. The van der Waals surface area contributed by atoms with Gasteiger partial charge in [0.25, 0.3) is 0 Å². The summed E-state index contributed by atoms with van der Waals surface area (Å²) >= 11 is 0. The largest absolute Gasteiger partial charge is 0.387 e. The van der Waals surface area contributed by atoms with Crippen LogP contribution in [0.4, 0.5) is 4.39 Å². The van der Waals surface area contributed by atoms with Gasteiger partial charge in [0, 0.05) is 19.6 Å². The number of carbonyl (C=O) groups is 1. The molecular formula is C31H46FNO3. The van der Waals surface area contributed by atoms with Crippen LogP contribution in [0.25, 0.3) is 0 Å². The highest BCUT2D eigenvalue weighted by Crippen LogP contribution is 2.65. The summed E-state index contributed by atoms with van der Waals surface area (Å²) < 4.78 is 19.1. The maximum atomic E-state index is 13.8. The van der Waals surface area contributed by atoms with Gasteiger partial charge in [-0.25, -0.2) is 4.39 Å². The van der Waals surface area contributed by atoms with Crippen LogP contribution in [-0.2, 0) is 9.53 Å². The number of fused-ring (bicyclic) bond motifs is 5. The average molecular weight is 500 g/mol. The van der Waals surface area contributed by atoms with E-state index in [1.165, 1.54) is 37.8 Å². The summed E-state index contributed by atoms with van der Waals surface area (Å²) in [5.41, 5.74) is 0.423. The Kier molecular flexibility index (Phi) is 7.28. The maximum Gasteiger partial charge on any atom is 0.226 e. The number of hydrogen-bond donors (Lipinski definition) is 1. The monoisotopic (exact) mass is 499 g/mol. The lowest BCUT2D eigenvalue weighted by atomic mass is 9.49. The molecule has 1 aromatic carbocycles. The molecule has 0 saturated heterocycles. The molecule has 9 atom stereocenters. The molecule has 0 unspecified atom stereocenters. The van der Waals surface area contributed by atoms with Crippen molar-refractivity contribution in [2.45, 2.75) is 90.2 Å². The molecule has 1 aromatic rings. The lowest BCUT2D eigenvalue weighted by Gasteiger charge is -2.57. The van der Waals surface area contributed by atoms with Gasteiger partial charge < -0.3 is 14.7 Å². The van der Waals surface area contributed by atoms with Crippen molar-refractivity contribution in [3.8, 4) is 0 Å². The van der Waals surface area contributed by atoms with Crippen molar-refractivity contribution in [1.29, 1.82) is 0 Å². The Balaban J connectivity index is 1.27. The number of nitrogens with zero attached hydrogens (tertiary/aromatic N) is 1. The zero-order valence-electron chi connectivity index (χ0n) is 22.7. The molecule has 4 fully saturated rings. The first-order valence-corrected chi connectivity index (χ1v) is 14.5. The summed E-state index contributed by atoms with van der Waals surface area (Å²) in [4.78, 5) is 15.8. The second kappa shape index (κ2) is 10.0. The summed E-state index contributed by atoms with van der Waals surface area (Å²) in [5.74, 6) is 3.56. The molecule has 1 N–H and O–H groups in total. The molecule has 0 radical (unpaired) electrons. The van der Waals surface area contributed by atoms with Crippen LogP contribution in [-0.4, -0.2) is 41.8 Å². The van der Waals surface area contributed by atoms with Crippen molar-refractivity contribution < 1.29 is 19.0 Å². The maximum absolute atomic E-state index is 13.8. The summed E-state index contributed by atoms with van der Waals surface area (Å²) in [6.07, 6.45) is 9.88. The molecule has 5 rings (SSSR count). The summed E-state index contributed by atoms with van der Waals surface area (Å²) in [6.45, 7) is 7.61. The molecule has 0 bridgehead atoms. The van der Waals surface area contributed by atoms with Gasteiger partial charge in [-0.2, -0.15) is 0 Å². The highest BCUT2D eigenvalue weighted by atomic mass is 19.1. The molecule has 0 aliphatic heterocycles. The molecule has 4 aliphatic rings. The van der Waals surface area contributed by atoms with E-state index in [1.54, 1.807) is 12.1 Å². The summed E-state index contributed by atoms with van der Waals surface area (Å²) in [5, 5.41) is 11.1. The number of amides is 1. The van der Waals surface area contributed by atoms with Crippen molar-refractivity contribution in [1.82, 2.24) is 4.90 Å². The normalized spacial score (nSPS) is 40.6. The van der Waals surface area contributed by atoms with Gasteiger partial charge in [-0.1, -0.05) is 19.1 Å². The fourth-order valence-electron chi connectivity index (χ4n) is 9.19. The quantitative estimate of drug-likeness (QED) is 0.494. The van der Waals surface area contributed by atoms with Gasteiger partial charge in [0.05, 0.1) is 18.2 Å². The fraction of sp³-hybridized carbons (Fsp3) is 0.774. The number of aliphatic hydroxyl groups is 1. The highest BCUT2D eigenvalue weighted by Gasteiger charge is 2.59. The lowest BCUT2D eigenvalue weighted by Crippen LogP contribution is -2.53. The minimum atomic E-state index is -0.635. The number of hydrogen-bond acceptors (Lipinski definition) is 3. The first kappa shape index (κ1) is 26.2. The number of rotatable bonds is 6. The Labute approximate surface area is 217 Å². The van der Waals surface area contributed by atoms with Crippen LogP contribution in [0.15, 0.2) is 24.3 Å². The van der Waals surface area contributed by atoms with E-state index in [0.717, 1.165) is 55.4 Å². The lowest BCUT2D eigenvalue weighted by molar-refractivity contribution is -0.147. The van der Waals surface area contributed by atoms with E-state index >= 15 is 0 Å². The molecule has 0 heterocycles. The Hall–Kier alpha value is -1.46. The van der Waals surface area contributed by atoms with Crippen LogP contribution in [0.5, 0.6) is 0 Å². The third kappa shape index (κ3) is 4.53. The molecular weight excluding hydrogens is 453 g/mol. The minimum absolute atomic E-state index is 0.0646. The third-order valence-electron chi connectivity index (χ3n) is 11.3. The van der Waals surface area contributed by atoms with Crippen LogP contribution in [0.2, 0.25) is 0 Å². The van der Waals surface area contributed by atoms with E-state index in [2.05, 4.69) is 6.92 Å². The van der Waals surface area contributed by atoms with Gasteiger partial charge in [0.1, 0.15) is 5.82 Å². The Morgan fingerprint density at radius 1 is 1.08 bits per heavy atom. The molecule has 4 aliphatic carbocycles. The topological polar surface area (TPSA) is 49.8 Å². The van der Waals surface area contributed by atoms with Crippen LogP contribution >= 0.6 is 0 Å². The average Bonchev–Trinajstić information content (AvgIpc) is 3.23. The van der Waals surface area contributed by atoms with Gasteiger partial charge in [-0.15, -0.1) is 0 Å². The molecule has 36 heavy (non-hydrogen) atoms. The minimum Gasteiger partial charge on any atom is -0.387 e. The molecule has 5 heteroatoms. The number of ether oxygens (including phenoxy) is 1. The first-order valence-electron chi connectivity index (χ1n) is 14.5. The summed E-state index contributed by atoms with van der Waals surface area (Å²) in [6, 6.07) is 6.50. The van der Waals surface area contributed by atoms with E-state index in [-0.39, 0.29) is 29.1 Å². The van der Waals surface area contributed by atoms with Crippen LogP contribution in [0.1, 0.15) is 90.2 Å². The van der Waals surface area contributed by atoms with Gasteiger partial charge in [0.15, 0.2) is 0 Å². The van der Waals surface area contributed by atoms with Crippen molar-refractivity contribution in [3.05, 3.63) is 35.6 Å². The van der Waals surface area contributed by atoms with Gasteiger partial charge in [0.2, 0.25) is 5.91 Å². The zero-order valence-corrected chi connectivity index (χ0v) is 22.7. The van der Waals surface area contributed by atoms with Crippen LogP contribution in [0.3, 0.4) is 0 Å². The van der Waals surface area contributed by atoms with E-state index < -0.39 is 5.60 Å². The van der Waals surface area contributed by atoms with Gasteiger partial charge in [-0.05, 0) is 124 Å². The zero-order chi connectivity index (χ0) is 25.7. The van der Waals surface area contributed by atoms with E-state index in [4.69, 9.17) is 4.74 Å². The Morgan fingerprint density at radius 2 is 1.81 bits per heavy atom. The van der Waals surface area contributed by atoms with Crippen LogP contribution < -0.4 is 0 Å². The van der Waals surface area contributed by atoms with Crippen LogP contribution in [0, 0.1) is 46.7 Å². The van der Waals surface area contributed by atoms with Crippen molar-refractivity contribution >= 4 is 5.91 Å². The Morgan fingerprint density at radius 3 is 2.53 bits per heavy atom. The van der Waals surface area contributed by atoms with Gasteiger partial charge >= 0.3 is 0 Å². The third-order valence-corrected chi connectivity index (χ3v) is 11.3. The molecule has 0 aromatic heterocycles. The van der Waals surface area contributed by atoms with Crippen molar-refractivity contribution in [3.63, 3.8) is 0 Å². The highest BCUT2D eigenvalue weighted by molar-refractivity contribution is 5.80. The van der Waals surface area contributed by atoms with Crippen molar-refractivity contribution in [2.24, 2.45) is 40.9 Å².